The number of hydrogen-bond acceptors (Lipinski definition) is 2. The third kappa shape index (κ3) is 3.87. The van der Waals surface area contributed by atoms with E-state index in [0.29, 0.717) is 0 Å². The molecule has 11 rings (SSSR count). The van der Waals surface area contributed by atoms with Gasteiger partial charge in [-0.3, -0.25) is 0 Å². The van der Waals surface area contributed by atoms with Crippen LogP contribution in [0.15, 0.2) is 192 Å². The van der Waals surface area contributed by atoms with E-state index in [9.17, 15) is 0 Å². The maximum atomic E-state index is 6.66. The highest BCUT2D eigenvalue weighted by molar-refractivity contribution is 6.03. The number of furan rings is 1. The number of anilines is 3. The van der Waals surface area contributed by atoms with E-state index in [1.807, 2.05) is 0 Å². The number of para-hydroxylation sites is 2. The molecule has 8 aromatic carbocycles. The molecule has 1 heterocycles. The predicted octanol–water partition coefficient (Wildman–Crippen LogP) is 13.1. The van der Waals surface area contributed by atoms with E-state index in [2.05, 4.69) is 193 Å². The highest BCUT2D eigenvalue weighted by Gasteiger charge is 2.54. The van der Waals surface area contributed by atoms with Gasteiger partial charge in [0, 0.05) is 33.3 Å². The largest absolute Gasteiger partial charge is 0.456 e. The molecule has 1 atom stereocenters. The van der Waals surface area contributed by atoms with Gasteiger partial charge in [0.15, 0.2) is 0 Å². The molecule has 0 saturated heterocycles. The third-order valence-corrected chi connectivity index (χ3v) is 11.1. The second kappa shape index (κ2) is 10.7. The molecule has 1 aromatic heterocycles. The molecule has 2 aliphatic rings. The lowest BCUT2D eigenvalue weighted by molar-refractivity contribution is 0.628. The number of benzene rings is 8. The molecule has 0 bridgehead atoms. The molecular formula is C49H31NO. The van der Waals surface area contributed by atoms with Gasteiger partial charge in [-0.25, -0.2) is 0 Å². The van der Waals surface area contributed by atoms with Gasteiger partial charge in [-0.2, -0.15) is 0 Å². The Morgan fingerprint density at radius 3 is 1.86 bits per heavy atom. The van der Waals surface area contributed by atoms with Crippen molar-refractivity contribution >= 4 is 38.8 Å². The summed E-state index contributed by atoms with van der Waals surface area (Å²) in [4.78, 5) is 2.36. The summed E-state index contributed by atoms with van der Waals surface area (Å²) in [6.07, 6.45) is 0. The smallest absolute Gasteiger partial charge is 0.140 e. The predicted molar refractivity (Wildman–Crippen MR) is 210 cm³/mol. The van der Waals surface area contributed by atoms with Crippen molar-refractivity contribution < 1.29 is 4.42 Å². The Labute approximate surface area is 296 Å². The van der Waals surface area contributed by atoms with E-state index in [4.69, 9.17) is 4.42 Å². The van der Waals surface area contributed by atoms with Crippen LogP contribution in [0.25, 0.3) is 55.3 Å². The van der Waals surface area contributed by atoms with Crippen molar-refractivity contribution in [3.05, 3.63) is 210 Å². The average molecular weight is 650 g/mol. The summed E-state index contributed by atoms with van der Waals surface area (Å²) in [7, 11) is 0. The van der Waals surface area contributed by atoms with Crippen molar-refractivity contribution in [2.75, 3.05) is 4.90 Å². The molecule has 1 unspecified atom stereocenters. The van der Waals surface area contributed by atoms with Gasteiger partial charge in [0.25, 0.3) is 0 Å². The third-order valence-electron chi connectivity index (χ3n) is 11.1. The van der Waals surface area contributed by atoms with Crippen LogP contribution in [0.2, 0.25) is 0 Å². The van der Waals surface area contributed by atoms with Crippen LogP contribution in [-0.4, -0.2) is 0 Å². The van der Waals surface area contributed by atoms with E-state index >= 15 is 0 Å². The van der Waals surface area contributed by atoms with Crippen LogP contribution in [0, 0.1) is 0 Å². The first-order chi connectivity index (χ1) is 25.3. The Balaban J connectivity index is 1.07. The molecule has 0 aliphatic heterocycles. The highest BCUT2D eigenvalue weighted by atomic mass is 16.3. The van der Waals surface area contributed by atoms with E-state index in [1.54, 1.807) is 0 Å². The standard InChI is InChI=1S/C49H31NO/c1-2-15-35(16-3-1)50(45-23-12-14-33-13-4-5-17-37(33)45)36-28-25-32(26-29-36)34-27-30-44-41(31-34)38-18-6-9-21-42(38)49(44)43-22-10-7-19-39(43)48-47(49)40-20-8-11-24-46(40)51-48/h1-31H. The fraction of sp³-hybridized carbons (Fsp3) is 0.0204. The Kier molecular flexibility index (Phi) is 5.91. The van der Waals surface area contributed by atoms with Crippen molar-refractivity contribution in [1.29, 1.82) is 0 Å². The molecule has 9 aromatic rings. The van der Waals surface area contributed by atoms with Crippen molar-refractivity contribution in [3.63, 3.8) is 0 Å². The monoisotopic (exact) mass is 649 g/mol. The first-order valence-corrected chi connectivity index (χ1v) is 17.6. The second-order valence-electron chi connectivity index (χ2n) is 13.6. The molecule has 0 radical (unpaired) electrons. The number of fused-ring (bicyclic) bond motifs is 13. The van der Waals surface area contributed by atoms with Crippen LogP contribution < -0.4 is 4.90 Å². The Bertz CT molecular complexity index is 2810. The van der Waals surface area contributed by atoms with Gasteiger partial charge in [-0.15, -0.1) is 0 Å². The summed E-state index contributed by atoms with van der Waals surface area (Å²) < 4.78 is 6.66. The Hall–Kier alpha value is -6.64. The van der Waals surface area contributed by atoms with Crippen LogP contribution in [0.5, 0.6) is 0 Å². The molecule has 2 nitrogen and oxygen atoms in total. The van der Waals surface area contributed by atoms with Gasteiger partial charge in [0.05, 0.1) is 11.1 Å². The molecule has 0 fully saturated rings. The summed E-state index contributed by atoms with van der Waals surface area (Å²) in [5.74, 6) is 0.989. The van der Waals surface area contributed by atoms with E-state index in [0.717, 1.165) is 28.4 Å². The van der Waals surface area contributed by atoms with Gasteiger partial charge in [0.2, 0.25) is 0 Å². The second-order valence-corrected chi connectivity index (χ2v) is 13.6. The summed E-state index contributed by atoms with van der Waals surface area (Å²) in [5.41, 5.74) is 15.2. The minimum absolute atomic E-state index is 0.443. The fourth-order valence-corrected chi connectivity index (χ4v) is 8.98. The van der Waals surface area contributed by atoms with Crippen LogP contribution in [0.4, 0.5) is 17.1 Å². The first-order valence-electron chi connectivity index (χ1n) is 17.6. The molecule has 51 heavy (non-hydrogen) atoms. The maximum Gasteiger partial charge on any atom is 0.140 e. The first kappa shape index (κ1) is 28.2. The van der Waals surface area contributed by atoms with Gasteiger partial charge in [0.1, 0.15) is 11.3 Å². The van der Waals surface area contributed by atoms with Crippen LogP contribution in [0.3, 0.4) is 0 Å². The van der Waals surface area contributed by atoms with E-state index < -0.39 is 5.41 Å². The normalized spacial score (nSPS) is 15.1. The lowest BCUT2D eigenvalue weighted by Crippen LogP contribution is -2.25. The van der Waals surface area contributed by atoms with Gasteiger partial charge in [-0.1, -0.05) is 146 Å². The Morgan fingerprint density at radius 2 is 1.02 bits per heavy atom. The average Bonchev–Trinajstić information content (AvgIpc) is 3.82. The number of rotatable bonds is 4. The maximum absolute atomic E-state index is 6.66. The Morgan fingerprint density at radius 1 is 0.412 bits per heavy atom. The van der Waals surface area contributed by atoms with Crippen molar-refractivity contribution in [2.24, 2.45) is 0 Å². The van der Waals surface area contributed by atoms with Crippen LogP contribution >= 0.6 is 0 Å². The summed E-state index contributed by atoms with van der Waals surface area (Å²) in [6.45, 7) is 0. The quantitative estimate of drug-likeness (QED) is 0.189. The zero-order chi connectivity index (χ0) is 33.5. The van der Waals surface area contributed by atoms with Crippen LogP contribution in [-0.2, 0) is 5.41 Å². The van der Waals surface area contributed by atoms with E-state index in [-0.39, 0.29) is 0 Å². The summed E-state index contributed by atoms with van der Waals surface area (Å²) in [6, 6.07) is 68.2. The molecular weight excluding hydrogens is 619 g/mol. The van der Waals surface area contributed by atoms with Crippen molar-refractivity contribution in [2.45, 2.75) is 5.41 Å². The van der Waals surface area contributed by atoms with Gasteiger partial charge in [-0.05, 0) is 86.8 Å². The van der Waals surface area contributed by atoms with Crippen molar-refractivity contribution in [1.82, 2.24) is 0 Å². The molecule has 2 aliphatic carbocycles. The number of nitrogens with zero attached hydrogens (tertiary/aromatic N) is 1. The van der Waals surface area contributed by atoms with Gasteiger partial charge < -0.3 is 9.32 Å². The van der Waals surface area contributed by atoms with Gasteiger partial charge >= 0.3 is 0 Å². The van der Waals surface area contributed by atoms with Crippen molar-refractivity contribution in [3.8, 4) is 33.6 Å². The summed E-state index contributed by atoms with van der Waals surface area (Å²) in [5, 5.41) is 3.63. The van der Waals surface area contributed by atoms with E-state index in [1.165, 1.54) is 66.2 Å². The zero-order valence-electron chi connectivity index (χ0n) is 27.8. The molecule has 0 amide bonds. The molecule has 238 valence electrons. The molecule has 1 spiro atoms. The highest BCUT2D eigenvalue weighted by Crippen LogP contribution is 2.65. The molecule has 2 heteroatoms. The lowest BCUT2D eigenvalue weighted by Gasteiger charge is -2.30. The molecule has 0 saturated carbocycles. The minimum Gasteiger partial charge on any atom is -0.456 e. The zero-order valence-corrected chi connectivity index (χ0v) is 27.8. The van der Waals surface area contributed by atoms with Crippen LogP contribution in [0.1, 0.15) is 22.3 Å². The molecule has 0 N–H and O–H groups in total. The summed E-state index contributed by atoms with van der Waals surface area (Å²) >= 11 is 0. The fourth-order valence-electron chi connectivity index (χ4n) is 8.98. The minimum atomic E-state index is -0.443. The topological polar surface area (TPSA) is 16.4 Å². The SMILES string of the molecule is c1ccc(N(c2ccc(-c3ccc4c(c3)-c3ccccc3C43c4ccccc4-c4oc5ccccc5c43)cc2)c2cccc3ccccc23)cc1. The lowest BCUT2D eigenvalue weighted by atomic mass is 9.70. The number of hydrogen-bond donors (Lipinski definition) is 0.